The van der Waals surface area contributed by atoms with E-state index >= 15 is 0 Å². The molecular weight excluding hydrogens is 426 g/mol. The van der Waals surface area contributed by atoms with Gasteiger partial charge < -0.3 is 4.90 Å². The Morgan fingerprint density at radius 1 is 1.13 bits per heavy atom. The Morgan fingerprint density at radius 2 is 1.94 bits per heavy atom. The van der Waals surface area contributed by atoms with Crippen LogP contribution in [0.3, 0.4) is 0 Å². The normalized spacial score (nSPS) is 14.9. The number of hydrogen-bond donors (Lipinski definition) is 0. The number of carbonyl (C=O) groups excluding carboxylic acids is 1. The van der Waals surface area contributed by atoms with Crippen LogP contribution in [0, 0.1) is 6.92 Å². The van der Waals surface area contributed by atoms with Crippen molar-refractivity contribution in [3.63, 3.8) is 0 Å². The fourth-order valence-corrected chi connectivity index (χ4v) is 6.04. The predicted octanol–water partition coefficient (Wildman–Crippen LogP) is 4.26. The highest BCUT2D eigenvalue weighted by atomic mass is 32.2. The summed E-state index contributed by atoms with van der Waals surface area (Å²) in [4.78, 5) is 33.8. The quantitative estimate of drug-likeness (QED) is 0.440. The molecule has 2 aliphatic heterocycles. The summed E-state index contributed by atoms with van der Waals surface area (Å²) in [6.07, 6.45) is 2.77. The molecule has 0 fully saturated rings. The van der Waals surface area contributed by atoms with Crippen molar-refractivity contribution in [3.8, 4) is 5.69 Å². The fraction of sp³-hybridized carbons (Fsp3) is 0.292. The van der Waals surface area contributed by atoms with E-state index in [1.807, 2.05) is 54.3 Å². The van der Waals surface area contributed by atoms with E-state index < -0.39 is 0 Å². The molecule has 1 amide bonds. The zero-order chi connectivity index (χ0) is 21.4. The molecule has 0 N–H and O–H groups in total. The van der Waals surface area contributed by atoms with E-state index in [2.05, 4.69) is 6.07 Å². The van der Waals surface area contributed by atoms with Crippen LogP contribution in [0.2, 0.25) is 0 Å². The van der Waals surface area contributed by atoms with Crippen LogP contribution in [0.15, 0.2) is 63.4 Å². The van der Waals surface area contributed by atoms with Gasteiger partial charge in [0.1, 0.15) is 0 Å². The summed E-state index contributed by atoms with van der Waals surface area (Å²) in [5.41, 5.74) is 4.97. The Kier molecular flexibility index (Phi) is 5.63. The average molecular weight is 450 g/mol. The van der Waals surface area contributed by atoms with Gasteiger partial charge in [0.25, 0.3) is 5.56 Å². The number of amides is 1. The highest BCUT2D eigenvalue weighted by Gasteiger charge is 2.25. The first kappa shape index (κ1) is 20.4. The topological polar surface area (TPSA) is 55.2 Å². The molecule has 0 aliphatic carbocycles. The summed E-state index contributed by atoms with van der Waals surface area (Å²) < 4.78 is 1.67. The number of hydrogen-bond acceptors (Lipinski definition) is 5. The Labute approximate surface area is 189 Å². The molecule has 31 heavy (non-hydrogen) atoms. The van der Waals surface area contributed by atoms with E-state index in [4.69, 9.17) is 4.98 Å². The van der Waals surface area contributed by atoms with E-state index in [-0.39, 0.29) is 17.2 Å². The molecule has 0 spiro atoms. The number of nitrogens with zero attached hydrogens (tertiary/aromatic N) is 3. The molecule has 2 aromatic carbocycles. The van der Waals surface area contributed by atoms with Gasteiger partial charge in [-0.25, -0.2) is 4.98 Å². The van der Waals surface area contributed by atoms with Crippen molar-refractivity contribution < 1.29 is 4.79 Å². The number of thioether (sulfide) groups is 2. The van der Waals surface area contributed by atoms with E-state index in [1.165, 1.54) is 17.3 Å². The number of fused-ring (bicyclic) bond motifs is 2. The molecule has 3 heterocycles. The van der Waals surface area contributed by atoms with Gasteiger partial charge in [-0.15, -0.1) is 11.8 Å². The molecule has 0 unspecified atom stereocenters. The van der Waals surface area contributed by atoms with Crippen LogP contribution < -0.4 is 10.5 Å². The van der Waals surface area contributed by atoms with Gasteiger partial charge in [-0.3, -0.25) is 14.2 Å². The second kappa shape index (κ2) is 8.55. The van der Waals surface area contributed by atoms with Crippen molar-refractivity contribution in [2.45, 2.75) is 36.2 Å². The third kappa shape index (κ3) is 3.92. The summed E-state index contributed by atoms with van der Waals surface area (Å²) in [6.45, 7) is 2.75. The molecule has 5 nitrogen and oxygen atoms in total. The van der Waals surface area contributed by atoms with Crippen LogP contribution in [-0.4, -0.2) is 33.5 Å². The van der Waals surface area contributed by atoms with Gasteiger partial charge in [0.05, 0.1) is 22.0 Å². The Hall–Kier alpha value is -2.51. The maximum atomic E-state index is 13.3. The molecule has 2 aliphatic rings. The highest BCUT2D eigenvalue weighted by Crippen LogP contribution is 2.31. The molecule has 5 rings (SSSR count). The van der Waals surface area contributed by atoms with Gasteiger partial charge in [-0.2, -0.15) is 0 Å². The second-order valence-electron chi connectivity index (χ2n) is 7.81. The van der Waals surface area contributed by atoms with Gasteiger partial charge >= 0.3 is 0 Å². The molecule has 0 radical (unpaired) electrons. The monoisotopic (exact) mass is 449 g/mol. The number of anilines is 1. The van der Waals surface area contributed by atoms with E-state index in [9.17, 15) is 9.59 Å². The highest BCUT2D eigenvalue weighted by molar-refractivity contribution is 8.00. The summed E-state index contributed by atoms with van der Waals surface area (Å²) in [7, 11) is 0. The molecule has 1 aromatic heterocycles. The van der Waals surface area contributed by atoms with Crippen LogP contribution in [0.5, 0.6) is 0 Å². The molecule has 0 saturated heterocycles. The lowest BCUT2D eigenvalue weighted by Crippen LogP contribution is -2.36. The minimum absolute atomic E-state index is 0.0328. The first-order valence-corrected chi connectivity index (χ1v) is 12.5. The van der Waals surface area contributed by atoms with Gasteiger partial charge in [-0.05, 0) is 43.5 Å². The Bertz CT molecular complexity index is 1200. The van der Waals surface area contributed by atoms with Crippen LogP contribution in [0.25, 0.3) is 5.69 Å². The number of carbonyl (C=O) groups is 1. The van der Waals surface area contributed by atoms with Gasteiger partial charge in [-0.1, -0.05) is 47.7 Å². The van der Waals surface area contributed by atoms with Crippen molar-refractivity contribution >= 4 is 35.1 Å². The molecule has 0 atom stereocenters. The van der Waals surface area contributed by atoms with Crippen molar-refractivity contribution in [3.05, 3.63) is 75.7 Å². The zero-order valence-corrected chi connectivity index (χ0v) is 19.0. The molecule has 0 bridgehead atoms. The summed E-state index contributed by atoms with van der Waals surface area (Å²) in [5.74, 6) is 1.18. The predicted molar refractivity (Wildman–Crippen MR) is 127 cm³/mol. The van der Waals surface area contributed by atoms with E-state index in [0.717, 1.165) is 59.1 Å². The summed E-state index contributed by atoms with van der Waals surface area (Å²) in [6, 6.07) is 16.0. The van der Waals surface area contributed by atoms with Gasteiger partial charge in [0.15, 0.2) is 5.16 Å². The number of aryl methyl sites for hydroxylation is 3. The minimum atomic E-state index is -0.0328. The lowest BCUT2D eigenvalue weighted by molar-refractivity contribution is -0.116. The first-order valence-electron chi connectivity index (χ1n) is 10.5. The van der Waals surface area contributed by atoms with E-state index in [1.54, 1.807) is 16.3 Å². The summed E-state index contributed by atoms with van der Waals surface area (Å²) >= 11 is 2.93. The minimum Gasteiger partial charge on any atom is -0.311 e. The maximum Gasteiger partial charge on any atom is 0.272 e. The summed E-state index contributed by atoms with van der Waals surface area (Å²) in [5, 5.41) is 0.591. The maximum absolute atomic E-state index is 13.3. The number of rotatable bonds is 4. The number of para-hydroxylation sites is 1. The van der Waals surface area contributed by atoms with Crippen molar-refractivity contribution in [1.29, 1.82) is 0 Å². The third-order valence-electron chi connectivity index (χ3n) is 5.69. The van der Waals surface area contributed by atoms with Gasteiger partial charge in [0, 0.05) is 24.4 Å². The Balaban J connectivity index is 1.46. The van der Waals surface area contributed by atoms with Crippen LogP contribution in [0.4, 0.5) is 5.69 Å². The smallest absolute Gasteiger partial charge is 0.272 e. The fourth-order valence-electron chi connectivity index (χ4n) is 4.11. The van der Waals surface area contributed by atoms with Crippen LogP contribution >= 0.6 is 23.5 Å². The van der Waals surface area contributed by atoms with Crippen molar-refractivity contribution in [1.82, 2.24) is 9.55 Å². The number of aromatic nitrogens is 2. The largest absolute Gasteiger partial charge is 0.311 e. The zero-order valence-electron chi connectivity index (χ0n) is 17.3. The first-order chi connectivity index (χ1) is 15.1. The van der Waals surface area contributed by atoms with Crippen LogP contribution in [0.1, 0.15) is 23.2 Å². The van der Waals surface area contributed by atoms with E-state index in [0.29, 0.717) is 5.16 Å². The lowest BCUT2D eigenvalue weighted by Gasteiger charge is -2.29. The van der Waals surface area contributed by atoms with Crippen molar-refractivity contribution in [2.24, 2.45) is 0 Å². The molecular formula is C24H23N3O2S2. The molecule has 3 aromatic rings. The SMILES string of the molecule is Cc1ccc(-n2c(SCC(=O)N3CCCc4ccccc43)nc3c(c2=O)SCC3)cc1. The lowest BCUT2D eigenvalue weighted by atomic mass is 10.0. The third-order valence-corrected chi connectivity index (χ3v) is 7.73. The van der Waals surface area contributed by atoms with Gasteiger partial charge in [0.2, 0.25) is 5.91 Å². The number of benzene rings is 2. The second-order valence-corrected chi connectivity index (χ2v) is 9.86. The molecule has 7 heteroatoms. The molecule has 0 saturated carbocycles. The van der Waals surface area contributed by atoms with Crippen LogP contribution in [-0.2, 0) is 17.6 Å². The standard InChI is InChI=1S/C24H23N3O2S2/c1-16-8-10-18(11-9-16)27-23(29)22-19(12-14-30-22)25-24(27)31-15-21(28)26-13-4-6-17-5-2-3-7-20(17)26/h2-3,5,7-11H,4,6,12-15H2,1H3. The van der Waals surface area contributed by atoms with Crippen molar-refractivity contribution in [2.75, 3.05) is 23.0 Å². The average Bonchev–Trinajstić information content (AvgIpc) is 3.27. The Morgan fingerprint density at radius 3 is 2.77 bits per heavy atom. The molecule has 158 valence electrons.